The van der Waals surface area contributed by atoms with Crippen LogP contribution < -0.4 is 10.1 Å². The molecule has 4 rings (SSSR count). The molecular formula is C22H27N3O2S. The van der Waals surface area contributed by atoms with Crippen LogP contribution in [0.4, 0.5) is 5.69 Å². The van der Waals surface area contributed by atoms with Gasteiger partial charge < -0.3 is 10.1 Å². The van der Waals surface area contributed by atoms with E-state index < -0.39 is 0 Å². The van der Waals surface area contributed by atoms with Crippen LogP contribution in [0.2, 0.25) is 0 Å². The lowest BCUT2D eigenvalue weighted by Gasteiger charge is -2.34. The quantitative estimate of drug-likeness (QED) is 0.759. The maximum atomic E-state index is 12.4. The first kappa shape index (κ1) is 19.3. The molecule has 1 N–H and O–H groups in total. The third kappa shape index (κ3) is 4.87. The monoisotopic (exact) mass is 397 g/mol. The van der Waals surface area contributed by atoms with Gasteiger partial charge in [-0.1, -0.05) is 18.2 Å². The fraction of sp³-hybridized carbons (Fsp3) is 0.409. The van der Waals surface area contributed by atoms with E-state index in [1.165, 1.54) is 11.1 Å². The van der Waals surface area contributed by atoms with Crippen molar-refractivity contribution in [2.24, 2.45) is 0 Å². The molecule has 148 valence electrons. The molecule has 1 amide bonds. The van der Waals surface area contributed by atoms with Crippen LogP contribution in [0, 0.1) is 0 Å². The summed E-state index contributed by atoms with van der Waals surface area (Å²) in [6.07, 6.45) is 3.06. The number of amides is 1. The highest BCUT2D eigenvalue weighted by molar-refractivity contribution is 7.98. The van der Waals surface area contributed by atoms with Crippen LogP contribution in [0.3, 0.4) is 0 Å². The third-order valence-corrected chi connectivity index (χ3v) is 6.07. The fourth-order valence-electron chi connectivity index (χ4n) is 3.81. The second-order valence-electron chi connectivity index (χ2n) is 7.37. The molecule has 5 nitrogen and oxygen atoms in total. The summed E-state index contributed by atoms with van der Waals surface area (Å²) in [6, 6.07) is 14.5. The van der Waals surface area contributed by atoms with Crippen LogP contribution in [0.25, 0.3) is 0 Å². The number of ether oxygens (including phenoxy) is 1. The van der Waals surface area contributed by atoms with Gasteiger partial charge >= 0.3 is 0 Å². The van der Waals surface area contributed by atoms with Gasteiger partial charge in [-0.25, -0.2) is 0 Å². The molecule has 28 heavy (non-hydrogen) atoms. The zero-order chi connectivity index (χ0) is 19.3. The van der Waals surface area contributed by atoms with Crippen LogP contribution in [-0.4, -0.2) is 61.3 Å². The van der Waals surface area contributed by atoms with Crippen LogP contribution in [0.1, 0.15) is 11.1 Å². The van der Waals surface area contributed by atoms with Crippen molar-refractivity contribution in [1.29, 1.82) is 0 Å². The summed E-state index contributed by atoms with van der Waals surface area (Å²) in [7, 11) is 0. The molecule has 2 aliphatic rings. The van der Waals surface area contributed by atoms with Gasteiger partial charge in [0.1, 0.15) is 5.75 Å². The summed E-state index contributed by atoms with van der Waals surface area (Å²) in [5.74, 6) is 1.10. The molecule has 0 saturated carbocycles. The van der Waals surface area contributed by atoms with Crippen LogP contribution in [0.15, 0.2) is 47.4 Å². The first-order valence-electron chi connectivity index (χ1n) is 9.83. The number of anilines is 1. The molecule has 1 saturated heterocycles. The van der Waals surface area contributed by atoms with Crippen molar-refractivity contribution in [1.82, 2.24) is 9.80 Å². The highest BCUT2D eigenvalue weighted by Crippen LogP contribution is 2.26. The normalized spacial score (nSPS) is 17.2. The zero-order valence-electron chi connectivity index (χ0n) is 16.3. The van der Waals surface area contributed by atoms with Crippen molar-refractivity contribution < 1.29 is 9.53 Å². The van der Waals surface area contributed by atoms with Crippen molar-refractivity contribution in [2.45, 2.75) is 17.9 Å². The molecule has 0 atom stereocenters. The minimum atomic E-state index is 0.0605. The smallest absolute Gasteiger partial charge is 0.238 e. The van der Waals surface area contributed by atoms with E-state index in [9.17, 15) is 4.79 Å². The van der Waals surface area contributed by atoms with E-state index in [0.717, 1.165) is 62.1 Å². The summed E-state index contributed by atoms with van der Waals surface area (Å²) in [5.41, 5.74) is 3.55. The molecule has 2 heterocycles. The number of benzene rings is 2. The summed E-state index contributed by atoms with van der Waals surface area (Å²) >= 11 is 1.68. The first-order chi connectivity index (χ1) is 13.7. The van der Waals surface area contributed by atoms with Gasteiger partial charge in [-0.2, -0.15) is 0 Å². The molecule has 0 aliphatic carbocycles. The Morgan fingerprint density at radius 2 is 1.93 bits per heavy atom. The lowest BCUT2D eigenvalue weighted by Crippen LogP contribution is -2.48. The number of hydrogen-bond donors (Lipinski definition) is 1. The van der Waals surface area contributed by atoms with E-state index in [-0.39, 0.29) is 5.91 Å². The Hall–Kier alpha value is -2.02. The highest BCUT2D eigenvalue weighted by atomic mass is 32.2. The Kier molecular flexibility index (Phi) is 6.20. The molecule has 2 aliphatic heterocycles. The van der Waals surface area contributed by atoms with E-state index in [2.05, 4.69) is 33.3 Å². The number of nitrogens with zero attached hydrogens (tertiary/aromatic N) is 2. The lowest BCUT2D eigenvalue weighted by molar-refractivity contribution is -0.117. The Labute approximate surface area is 171 Å². The average molecular weight is 398 g/mol. The number of hydrogen-bond acceptors (Lipinski definition) is 5. The summed E-state index contributed by atoms with van der Waals surface area (Å²) in [4.78, 5) is 18.2. The predicted octanol–water partition coefficient (Wildman–Crippen LogP) is 3.10. The molecule has 2 aromatic rings. The Bertz CT molecular complexity index is 834. The SMILES string of the molecule is CSc1cccc(NC(=O)CN2CCN(Cc3ccc4c(c3)CCO4)CC2)c1. The Balaban J connectivity index is 1.23. The number of fused-ring (bicyclic) bond motifs is 1. The summed E-state index contributed by atoms with van der Waals surface area (Å²) in [6.45, 7) is 6.05. The van der Waals surface area contributed by atoms with Crippen molar-refractivity contribution in [2.75, 3.05) is 50.9 Å². The second kappa shape index (κ2) is 8.99. The van der Waals surface area contributed by atoms with Crippen molar-refractivity contribution in [3.05, 3.63) is 53.6 Å². The Morgan fingerprint density at radius 1 is 1.11 bits per heavy atom. The van der Waals surface area contributed by atoms with Gasteiger partial charge in [0.25, 0.3) is 0 Å². The van der Waals surface area contributed by atoms with Gasteiger partial charge in [0, 0.05) is 49.7 Å². The predicted molar refractivity (Wildman–Crippen MR) is 114 cm³/mol. The second-order valence-corrected chi connectivity index (χ2v) is 8.25. The van der Waals surface area contributed by atoms with Crippen molar-refractivity contribution >= 4 is 23.4 Å². The molecule has 0 unspecified atom stereocenters. The van der Waals surface area contributed by atoms with Crippen LogP contribution in [-0.2, 0) is 17.8 Å². The van der Waals surface area contributed by atoms with Crippen molar-refractivity contribution in [3.8, 4) is 5.75 Å². The van der Waals surface area contributed by atoms with Gasteiger partial charge in [-0.15, -0.1) is 11.8 Å². The molecule has 0 spiro atoms. The molecule has 0 bridgehead atoms. The molecule has 6 heteroatoms. The number of thioether (sulfide) groups is 1. The van der Waals surface area contributed by atoms with E-state index in [1.54, 1.807) is 11.8 Å². The first-order valence-corrected chi connectivity index (χ1v) is 11.1. The number of carbonyl (C=O) groups is 1. The largest absolute Gasteiger partial charge is 0.493 e. The number of piperazine rings is 1. The molecular weight excluding hydrogens is 370 g/mol. The summed E-state index contributed by atoms with van der Waals surface area (Å²) < 4.78 is 5.59. The van der Waals surface area contributed by atoms with Crippen LogP contribution in [0.5, 0.6) is 5.75 Å². The zero-order valence-corrected chi connectivity index (χ0v) is 17.1. The van der Waals surface area contributed by atoms with Gasteiger partial charge in [-0.3, -0.25) is 14.6 Å². The minimum absolute atomic E-state index is 0.0605. The fourth-order valence-corrected chi connectivity index (χ4v) is 4.27. The van der Waals surface area contributed by atoms with E-state index in [4.69, 9.17) is 4.74 Å². The number of carbonyl (C=O) groups excluding carboxylic acids is 1. The average Bonchev–Trinajstić information content (AvgIpc) is 3.17. The number of rotatable bonds is 6. The van der Waals surface area contributed by atoms with Gasteiger partial charge in [-0.05, 0) is 41.6 Å². The molecule has 0 aromatic heterocycles. The standard InChI is InChI=1S/C22H27N3O2S/c1-28-20-4-2-3-19(14-20)23-22(26)16-25-10-8-24(9-11-25)15-17-5-6-21-18(13-17)7-12-27-21/h2-6,13-14H,7-12,15-16H2,1H3,(H,23,26). The molecule has 1 fully saturated rings. The van der Waals surface area contributed by atoms with Gasteiger partial charge in [0.15, 0.2) is 0 Å². The third-order valence-electron chi connectivity index (χ3n) is 5.35. The van der Waals surface area contributed by atoms with E-state index >= 15 is 0 Å². The minimum Gasteiger partial charge on any atom is -0.493 e. The highest BCUT2D eigenvalue weighted by Gasteiger charge is 2.20. The van der Waals surface area contributed by atoms with Gasteiger partial charge in [0.05, 0.1) is 13.2 Å². The maximum absolute atomic E-state index is 12.4. The van der Waals surface area contributed by atoms with Crippen molar-refractivity contribution in [3.63, 3.8) is 0 Å². The molecule has 0 radical (unpaired) electrons. The summed E-state index contributed by atoms with van der Waals surface area (Å²) in [5, 5.41) is 3.02. The van der Waals surface area contributed by atoms with E-state index in [0.29, 0.717) is 6.54 Å². The Morgan fingerprint density at radius 3 is 2.75 bits per heavy atom. The lowest BCUT2D eigenvalue weighted by atomic mass is 10.1. The topological polar surface area (TPSA) is 44.8 Å². The van der Waals surface area contributed by atoms with Crippen LogP contribution >= 0.6 is 11.8 Å². The van der Waals surface area contributed by atoms with E-state index in [1.807, 2.05) is 30.5 Å². The van der Waals surface area contributed by atoms with Gasteiger partial charge in [0.2, 0.25) is 5.91 Å². The maximum Gasteiger partial charge on any atom is 0.238 e. The number of nitrogens with one attached hydrogen (secondary N) is 1. The molecule has 2 aromatic carbocycles.